The molecule has 0 amide bonds. The van der Waals surface area contributed by atoms with Gasteiger partial charge in [-0.05, 0) is 25.7 Å². The van der Waals surface area contributed by atoms with Crippen molar-refractivity contribution in [3.63, 3.8) is 0 Å². The van der Waals surface area contributed by atoms with Crippen LogP contribution in [0.1, 0.15) is 45.4 Å². The van der Waals surface area contributed by atoms with Crippen molar-refractivity contribution in [3.05, 3.63) is 18.2 Å². The van der Waals surface area contributed by atoms with Crippen LogP contribution in [0.15, 0.2) is 12.4 Å². The van der Waals surface area contributed by atoms with Crippen molar-refractivity contribution in [1.82, 2.24) is 9.55 Å². The number of nitrogens with two attached hydrogens (primary N) is 1. The number of nitrogens with zero attached hydrogens (tertiary/aromatic N) is 2. The van der Waals surface area contributed by atoms with Gasteiger partial charge in [-0.1, -0.05) is 13.8 Å². The average molecular weight is 207 g/mol. The van der Waals surface area contributed by atoms with Crippen LogP contribution in [-0.2, 0) is 12.0 Å². The van der Waals surface area contributed by atoms with Gasteiger partial charge in [0.05, 0.1) is 0 Å². The van der Waals surface area contributed by atoms with Gasteiger partial charge in [0, 0.05) is 30.4 Å². The molecule has 1 heterocycles. The van der Waals surface area contributed by atoms with Crippen molar-refractivity contribution < 1.29 is 0 Å². The van der Waals surface area contributed by atoms with E-state index in [2.05, 4.69) is 29.6 Å². The Balaban J connectivity index is 2.24. The molecule has 2 rings (SSSR count). The molecule has 0 radical (unpaired) electrons. The molecule has 3 nitrogen and oxygen atoms in total. The molecule has 1 fully saturated rings. The number of hydrogen-bond acceptors (Lipinski definition) is 2. The highest BCUT2D eigenvalue weighted by molar-refractivity contribution is 5.13. The molecule has 0 aliphatic heterocycles. The van der Waals surface area contributed by atoms with Crippen LogP contribution < -0.4 is 5.73 Å². The molecule has 84 valence electrons. The first-order chi connectivity index (χ1) is 7.15. The first-order valence-electron chi connectivity index (χ1n) is 5.93. The Labute approximate surface area is 91.7 Å². The van der Waals surface area contributed by atoms with Crippen LogP contribution in [-0.4, -0.2) is 15.6 Å². The van der Waals surface area contributed by atoms with E-state index >= 15 is 0 Å². The van der Waals surface area contributed by atoms with Gasteiger partial charge < -0.3 is 10.3 Å². The minimum atomic E-state index is 0.206. The van der Waals surface area contributed by atoms with E-state index in [-0.39, 0.29) is 5.41 Å². The van der Waals surface area contributed by atoms with Gasteiger partial charge in [-0.25, -0.2) is 4.98 Å². The van der Waals surface area contributed by atoms with Crippen LogP contribution in [0.4, 0.5) is 0 Å². The number of aromatic nitrogens is 2. The summed E-state index contributed by atoms with van der Waals surface area (Å²) >= 11 is 0. The van der Waals surface area contributed by atoms with Crippen LogP contribution >= 0.6 is 0 Å². The van der Waals surface area contributed by atoms with Crippen molar-refractivity contribution in [2.24, 2.45) is 5.73 Å². The lowest BCUT2D eigenvalue weighted by atomic mass is 9.87. The van der Waals surface area contributed by atoms with E-state index in [0.29, 0.717) is 6.04 Å². The molecule has 0 saturated heterocycles. The molecule has 1 saturated carbocycles. The van der Waals surface area contributed by atoms with E-state index in [9.17, 15) is 0 Å². The lowest BCUT2D eigenvalue weighted by molar-refractivity contribution is 0.423. The van der Waals surface area contributed by atoms with Gasteiger partial charge in [-0.3, -0.25) is 0 Å². The third kappa shape index (κ3) is 1.93. The summed E-state index contributed by atoms with van der Waals surface area (Å²) in [5.74, 6) is 1.23. The summed E-state index contributed by atoms with van der Waals surface area (Å²) in [7, 11) is 0. The fraction of sp³-hybridized carbons (Fsp3) is 0.750. The lowest BCUT2D eigenvalue weighted by Gasteiger charge is -2.24. The van der Waals surface area contributed by atoms with Crippen molar-refractivity contribution in [3.8, 4) is 0 Å². The van der Waals surface area contributed by atoms with Gasteiger partial charge in [-0.2, -0.15) is 0 Å². The van der Waals surface area contributed by atoms with E-state index in [0.717, 1.165) is 25.8 Å². The zero-order chi connectivity index (χ0) is 10.9. The third-order valence-electron chi connectivity index (χ3n) is 3.50. The molecule has 1 aromatic heterocycles. The van der Waals surface area contributed by atoms with Crippen LogP contribution in [0.25, 0.3) is 0 Å². The summed E-state index contributed by atoms with van der Waals surface area (Å²) in [6.45, 7) is 5.57. The van der Waals surface area contributed by atoms with Gasteiger partial charge in [-0.15, -0.1) is 0 Å². The summed E-state index contributed by atoms with van der Waals surface area (Å²) in [5, 5.41) is 0. The average Bonchev–Trinajstić information content (AvgIpc) is 2.75. The van der Waals surface area contributed by atoms with Crippen LogP contribution in [0.5, 0.6) is 0 Å². The summed E-state index contributed by atoms with van der Waals surface area (Å²) in [4.78, 5) is 4.53. The molecule has 2 N–H and O–H groups in total. The smallest absolute Gasteiger partial charge is 0.114 e. The van der Waals surface area contributed by atoms with E-state index in [1.165, 1.54) is 12.2 Å². The largest absolute Gasteiger partial charge is 0.334 e. The molecule has 0 spiro atoms. The van der Waals surface area contributed by atoms with E-state index < -0.39 is 0 Å². The predicted octanol–water partition coefficient (Wildman–Crippen LogP) is 2.06. The number of aryl methyl sites for hydroxylation is 1. The van der Waals surface area contributed by atoms with Gasteiger partial charge in [0.2, 0.25) is 0 Å². The lowest BCUT2D eigenvalue weighted by Crippen LogP contribution is -2.26. The molecule has 3 heteroatoms. The zero-order valence-corrected chi connectivity index (χ0v) is 9.74. The molecule has 2 atom stereocenters. The second kappa shape index (κ2) is 3.97. The molecule has 2 unspecified atom stereocenters. The van der Waals surface area contributed by atoms with E-state index in [1.807, 2.05) is 6.20 Å². The molecule has 1 aliphatic carbocycles. The second-order valence-corrected chi connectivity index (χ2v) is 5.01. The van der Waals surface area contributed by atoms with Gasteiger partial charge in [0.25, 0.3) is 0 Å². The zero-order valence-electron chi connectivity index (χ0n) is 9.74. The maximum atomic E-state index is 6.00. The molecular weight excluding hydrogens is 186 g/mol. The summed E-state index contributed by atoms with van der Waals surface area (Å²) in [6.07, 6.45) is 8.55. The maximum absolute atomic E-state index is 6.00. The van der Waals surface area contributed by atoms with Crippen molar-refractivity contribution >= 4 is 0 Å². The predicted molar refractivity (Wildman–Crippen MR) is 61.7 cm³/mol. The Morgan fingerprint density at radius 3 is 3.07 bits per heavy atom. The van der Waals surface area contributed by atoms with Crippen LogP contribution in [0.3, 0.4) is 0 Å². The summed E-state index contributed by atoms with van der Waals surface area (Å²) in [6, 6.07) is 0.363. The molecular formula is C12H21N3. The quantitative estimate of drug-likeness (QED) is 0.824. The second-order valence-electron chi connectivity index (χ2n) is 5.01. The molecule has 15 heavy (non-hydrogen) atoms. The Bertz CT molecular complexity index is 331. The highest BCUT2D eigenvalue weighted by Crippen LogP contribution is 2.39. The van der Waals surface area contributed by atoms with Gasteiger partial charge in [0.1, 0.15) is 5.82 Å². The number of imidazole rings is 1. The first-order valence-corrected chi connectivity index (χ1v) is 5.93. The van der Waals surface area contributed by atoms with Gasteiger partial charge >= 0.3 is 0 Å². The normalized spacial score (nSPS) is 31.0. The number of hydrogen-bond donors (Lipinski definition) is 1. The van der Waals surface area contributed by atoms with Crippen molar-refractivity contribution in [2.75, 3.05) is 0 Å². The summed E-state index contributed by atoms with van der Waals surface area (Å²) < 4.78 is 2.29. The molecule has 1 aromatic rings. The fourth-order valence-corrected chi connectivity index (χ4v) is 2.74. The third-order valence-corrected chi connectivity index (χ3v) is 3.50. The molecule has 1 aliphatic rings. The van der Waals surface area contributed by atoms with Crippen molar-refractivity contribution in [2.45, 2.75) is 57.5 Å². The minimum Gasteiger partial charge on any atom is -0.334 e. The molecule has 0 aromatic carbocycles. The van der Waals surface area contributed by atoms with Crippen LogP contribution in [0, 0.1) is 0 Å². The highest BCUT2D eigenvalue weighted by atomic mass is 15.1. The molecule has 0 bridgehead atoms. The van der Waals surface area contributed by atoms with Crippen molar-refractivity contribution in [1.29, 1.82) is 0 Å². The Hall–Kier alpha value is -0.830. The SMILES string of the molecule is CCCn1ccnc1C1(C)CCC(N)C1. The Morgan fingerprint density at radius 1 is 1.67 bits per heavy atom. The van der Waals surface area contributed by atoms with Gasteiger partial charge in [0.15, 0.2) is 0 Å². The maximum Gasteiger partial charge on any atom is 0.114 e. The Kier molecular flexibility index (Phi) is 2.83. The fourth-order valence-electron chi connectivity index (χ4n) is 2.74. The topological polar surface area (TPSA) is 43.8 Å². The monoisotopic (exact) mass is 207 g/mol. The summed E-state index contributed by atoms with van der Waals surface area (Å²) in [5.41, 5.74) is 6.21. The minimum absolute atomic E-state index is 0.206. The standard InChI is InChI=1S/C12H21N3/c1-3-7-15-8-6-14-11(15)12(2)5-4-10(13)9-12/h6,8,10H,3-5,7,9,13H2,1-2H3. The first kappa shape index (κ1) is 10.7. The Morgan fingerprint density at radius 2 is 2.47 bits per heavy atom. The van der Waals surface area contributed by atoms with E-state index in [4.69, 9.17) is 5.73 Å². The van der Waals surface area contributed by atoms with E-state index in [1.54, 1.807) is 0 Å². The van der Waals surface area contributed by atoms with Crippen LogP contribution in [0.2, 0.25) is 0 Å². The highest BCUT2D eigenvalue weighted by Gasteiger charge is 2.37. The number of rotatable bonds is 3.